The molecule has 5 heteroatoms. The molecule has 0 aromatic rings. The first-order valence-corrected chi connectivity index (χ1v) is 2.70. The Morgan fingerprint density at radius 3 is 1.86 bits per heavy atom. The standard InChI is InChI=1S/C2H5O4P/c3-2(4,5)1-7-6/h3-5H,1H2/p+1. The predicted molar refractivity (Wildman–Crippen MR) is 23.3 cm³/mol. The van der Waals surface area contributed by atoms with Crippen LogP contribution in [0.15, 0.2) is 0 Å². The fraction of sp³-hybridized carbons (Fsp3) is 1.00. The highest BCUT2D eigenvalue weighted by Crippen LogP contribution is 2.01. The van der Waals surface area contributed by atoms with Crippen LogP contribution in [0.2, 0.25) is 0 Å². The first-order chi connectivity index (χ1) is 3.06. The van der Waals surface area contributed by atoms with Crippen LogP contribution in [-0.2, 0) is 4.57 Å². The molecule has 0 aliphatic heterocycles. The largest absolute Gasteiger partial charge is 0.340 e. The van der Waals surface area contributed by atoms with Gasteiger partial charge in [-0.2, -0.15) is 0 Å². The molecular formula is C2H6O4P+. The SMILES string of the molecule is O=[PH+]CC(O)(O)O. The van der Waals surface area contributed by atoms with Crippen LogP contribution in [-0.4, -0.2) is 27.5 Å². The van der Waals surface area contributed by atoms with Crippen LogP contribution in [0.3, 0.4) is 0 Å². The Hall–Kier alpha value is -0.0200. The lowest BCUT2D eigenvalue weighted by molar-refractivity contribution is -0.293. The zero-order valence-electron chi connectivity index (χ0n) is 3.46. The van der Waals surface area contributed by atoms with Crippen LogP contribution in [0.25, 0.3) is 0 Å². The van der Waals surface area contributed by atoms with E-state index in [1.54, 1.807) is 0 Å². The molecule has 0 bridgehead atoms. The Balaban J connectivity index is 3.34. The van der Waals surface area contributed by atoms with E-state index in [9.17, 15) is 4.57 Å². The van der Waals surface area contributed by atoms with Gasteiger partial charge in [0.1, 0.15) is 0 Å². The highest BCUT2D eigenvalue weighted by atomic mass is 31.1. The van der Waals surface area contributed by atoms with Crippen molar-refractivity contribution >= 4 is 8.46 Å². The lowest BCUT2D eigenvalue weighted by atomic mass is 10.7. The van der Waals surface area contributed by atoms with E-state index in [4.69, 9.17) is 15.3 Å². The van der Waals surface area contributed by atoms with E-state index in [0.717, 1.165) is 0 Å². The Morgan fingerprint density at radius 1 is 1.43 bits per heavy atom. The quantitative estimate of drug-likeness (QED) is 0.314. The number of hydrogen-bond donors (Lipinski definition) is 3. The van der Waals surface area contributed by atoms with Crippen LogP contribution in [0.5, 0.6) is 0 Å². The molecule has 1 atom stereocenters. The summed E-state index contributed by atoms with van der Waals surface area (Å²) >= 11 is 0. The second-order valence-electron chi connectivity index (χ2n) is 1.10. The highest BCUT2D eigenvalue weighted by Gasteiger charge is 2.22. The second kappa shape index (κ2) is 2.33. The van der Waals surface area contributed by atoms with E-state index in [2.05, 4.69) is 0 Å². The number of aliphatic hydroxyl groups is 3. The summed E-state index contributed by atoms with van der Waals surface area (Å²) in [7, 11) is -0.891. The Labute approximate surface area is 41.6 Å². The van der Waals surface area contributed by atoms with Gasteiger partial charge in [0, 0.05) is 0 Å². The van der Waals surface area contributed by atoms with Gasteiger partial charge in [-0.15, -0.1) is 0 Å². The molecule has 3 N–H and O–H groups in total. The summed E-state index contributed by atoms with van der Waals surface area (Å²) in [6, 6.07) is 0. The van der Waals surface area contributed by atoms with Gasteiger partial charge in [-0.05, 0) is 0 Å². The molecule has 0 amide bonds. The molecule has 42 valence electrons. The molecule has 0 aliphatic carbocycles. The molecule has 0 aromatic heterocycles. The monoisotopic (exact) mass is 125 g/mol. The van der Waals surface area contributed by atoms with Crippen LogP contribution in [0.1, 0.15) is 0 Å². The second-order valence-corrected chi connectivity index (χ2v) is 1.74. The summed E-state index contributed by atoms with van der Waals surface area (Å²) in [6.07, 6.45) is -0.521. The zero-order valence-corrected chi connectivity index (χ0v) is 4.46. The maximum atomic E-state index is 9.49. The lowest BCUT2D eigenvalue weighted by Crippen LogP contribution is -2.28. The minimum atomic E-state index is -2.75. The highest BCUT2D eigenvalue weighted by molar-refractivity contribution is 7.23. The number of rotatable bonds is 2. The molecule has 7 heavy (non-hydrogen) atoms. The van der Waals surface area contributed by atoms with E-state index >= 15 is 0 Å². The van der Waals surface area contributed by atoms with Crippen molar-refractivity contribution in [3.05, 3.63) is 0 Å². The van der Waals surface area contributed by atoms with Crippen molar-refractivity contribution < 1.29 is 19.9 Å². The molecule has 0 saturated carbocycles. The molecule has 0 saturated heterocycles. The van der Waals surface area contributed by atoms with Crippen LogP contribution in [0.4, 0.5) is 0 Å². The average molecular weight is 125 g/mol. The average Bonchev–Trinajstić information content (AvgIpc) is 1.30. The minimum Gasteiger partial charge on any atom is -0.340 e. The molecule has 0 aliphatic rings. The summed E-state index contributed by atoms with van der Waals surface area (Å²) < 4.78 is 9.49. The third-order valence-corrected chi connectivity index (χ3v) is 0.928. The molecule has 0 spiro atoms. The van der Waals surface area contributed by atoms with Crippen molar-refractivity contribution in [1.29, 1.82) is 0 Å². The minimum absolute atomic E-state index is 0.521. The van der Waals surface area contributed by atoms with Crippen molar-refractivity contribution in [3.63, 3.8) is 0 Å². The Morgan fingerprint density at radius 2 is 1.86 bits per heavy atom. The summed E-state index contributed by atoms with van der Waals surface area (Å²) in [5, 5.41) is 23.8. The van der Waals surface area contributed by atoms with Crippen LogP contribution >= 0.6 is 8.46 Å². The molecule has 1 unspecified atom stereocenters. The Bertz CT molecular complexity index is 64.6. The molecule has 4 nitrogen and oxygen atoms in total. The fourth-order valence-electron chi connectivity index (χ4n) is 0.0968. The van der Waals surface area contributed by atoms with E-state index < -0.39 is 20.6 Å². The van der Waals surface area contributed by atoms with E-state index in [-0.39, 0.29) is 0 Å². The predicted octanol–water partition coefficient (Wildman–Crippen LogP) is -1.36. The molecule has 0 fully saturated rings. The third kappa shape index (κ3) is 5.98. The van der Waals surface area contributed by atoms with Gasteiger partial charge < -0.3 is 15.3 Å². The van der Waals surface area contributed by atoms with E-state index in [1.807, 2.05) is 0 Å². The van der Waals surface area contributed by atoms with Gasteiger partial charge in [-0.1, -0.05) is 4.57 Å². The van der Waals surface area contributed by atoms with Crippen LogP contribution < -0.4 is 0 Å². The maximum absolute atomic E-state index is 9.49. The number of hydrogen-bond acceptors (Lipinski definition) is 4. The lowest BCUT2D eigenvalue weighted by Gasteiger charge is -2.02. The summed E-state index contributed by atoms with van der Waals surface area (Å²) in [6.45, 7) is 0. The third-order valence-electron chi connectivity index (χ3n) is 0.309. The van der Waals surface area contributed by atoms with E-state index in [1.165, 1.54) is 0 Å². The fourth-order valence-corrected chi connectivity index (χ4v) is 0.290. The van der Waals surface area contributed by atoms with Gasteiger partial charge in [-0.25, -0.2) is 0 Å². The Kier molecular flexibility index (Phi) is 2.32. The smallest absolute Gasteiger partial charge is 0.333 e. The topological polar surface area (TPSA) is 77.8 Å². The van der Waals surface area contributed by atoms with Gasteiger partial charge in [-0.3, -0.25) is 0 Å². The zero-order chi connectivity index (χ0) is 5.91. The summed E-state index contributed by atoms with van der Waals surface area (Å²) in [5.41, 5.74) is 0. The maximum Gasteiger partial charge on any atom is 0.333 e. The van der Waals surface area contributed by atoms with Crippen molar-refractivity contribution in [3.8, 4) is 0 Å². The molecule has 0 heterocycles. The van der Waals surface area contributed by atoms with Gasteiger partial charge >= 0.3 is 14.4 Å². The van der Waals surface area contributed by atoms with Crippen LogP contribution in [0, 0.1) is 0 Å². The van der Waals surface area contributed by atoms with Gasteiger partial charge in [0.05, 0.1) is 0 Å². The first kappa shape index (κ1) is 6.98. The van der Waals surface area contributed by atoms with E-state index in [0.29, 0.717) is 0 Å². The van der Waals surface area contributed by atoms with Gasteiger partial charge in [0.25, 0.3) is 0 Å². The molecule has 0 radical (unpaired) electrons. The van der Waals surface area contributed by atoms with Crippen molar-refractivity contribution in [2.75, 3.05) is 6.16 Å². The van der Waals surface area contributed by atoms with Gasteiger partial charge in [0.15, 0.2) is 0 Å². The van der Waals surface area contributed by atoms with Crippen molar-refractivity contribution in [1.82, 2.24) is 0 Å². The van der Waals surface area contributed by atoms with Crippen molar-refractivity contribution in [2.24, 2.45) is 0 Å². The molecular weight excluding hydrogens is 119 g/mol. The normalized spacial score (nSPS) is 12.4. The molecule has 0 aromatic carbocycles. The van der Waals surface area contributed by atoms with Gasteiger partial charge in [0.2, 0.25) is 6.16 Å². The summed E-state index contributed by atoms with van der Waals surface area (Å²) in [4.78, 5) is 0. The molecule has 0 rings (SSSR count). The van der Waals surface area contributed by atoms with Crippen molar-refractivity contribution in [2.45, 2.75) is 5.97 Å². The summed E-state index contributed by atoms with van der Waals surface area (Å²) in [5.74, 6) is -2.75. The first-order valence-electron chi connectivity index (χ1n) is 1.58.